The van der Waals surface area contributed by atoms with Gasteiger partial charge in [-0.05, 0) is 24.6 Å². The number of nitrogens with two attached hydrogens (primary N) is 1. The molecule has 0 aliphatic heterocycles. The first-order chi connectivity index (χ1) is 8.77. The van der Waals surface area contributed by atoms with Gasteiger partial charge in [-0.2, -0.15) is 0 Å². The lowest BCUT2D eigenvalue weighted by molar-refractivity contribution is 0.0679. The minimum atomic E-state index is -3.77. The molecule has 0 aliphatic carbocycles. The first kappa shape index (κ1) is 16.2. The van der Waals surface area contributed by atoms with Gasteiger partial charge in [0, 0.05) is 24.4 Å². The molecule has 0 radical (unpaired) electrons. The second-order valence-corrected chi connectivity index (χ2v) is 6.25. The van der Waals surface area contributed by atoms with Gasteiger partial charge in [-0.3, -0.25) is 0 Å². The molecule has 1 atom stereocenters. The largest absolute Gasteiger partial charge is 0.398 e. The molecule has 108 valence electrons. The average Bonchev–Trinajstić information content (AvgIpc) is 2.33. The molecule has 0 saturated carbocycles. The number of hydrogen-bond donors (Lipinski definition) is 3. The minimum absolute atomic E-state index is 0.0368. The molecule has 1 unspecified atom stereocenters. The van der Waals surface area contributed by atoms with Crippen LogP contribution < -0.4 is 10.5 Å². The van der Waals surface area contributed by atoms with E-state index >= 15 is 0 Å². The third-order valence-electron chi connectivity index (χ3n) is 2.54. The zero-order valence-electron chi connectivity index (χ0n) is 10.7. The van der Waals surface area contributed by atoms with E-state index in [9.17, 15) is 13.5 Å². The molecule has 0 fully saturated rings. The van der Waals surface area contributed by atoms with E-state index in [1.807, 2.05) is 0 Å². The Balaban J connectivity index is 2.89. The summed E-state index contributed by atoms with van der Waals surface area (Å²) < 4.78 is 30.9. The van der Waals surface area contributed by atoms with Crippen molar-refractivity contribution < 1.29 is 18.3 Å². The fourth-order valence-corrected chi connectivity index (χ4v) is 2.79. The van der Waals surface area contributed by atoms with Gasteiger partial charge in [0.15, 0.2) is 0 Å². The monoisotopic (exact) mass is 308 g/mol. The molecule has 0 bridgehead atoms. The van der Waals surface area contributed by atoms with Gasteiger partial charge in [-0.1, -0.05) is 11.6 Å². The molecule has 0 aromatic heterocycles. The Bertz CT molecular complexity index is 525. The van der Waals surface area contributed by atoms with Gasteiger partial charge >= 0.3 is 0 Å². The maximum absolute atomic E-state index is 12.0. The molecule has 6 nitrogen and oxygen atoms in total. The van der Waals surface area contributed by atoms with Crippen molar-refractivity contribution in [3.8, 4) is 0 Å². The number of methoxy groups -OCH3 is 1. The van der Waals surface area contributed by atoms with Gasteiger partial charge in [0.05, 0.1) is 17.6 Å². The molecule has 0 amide bonds. The molecule has 1 aromatic rings. The van der Waals surface area contributed by atoms with Crippen LogP contribution in [0.25, 0.3) is 0 Å². The van der Waals surface area contributed by atoms with E-state index in [-0.39, 0.29) is 23.1 Å². The first-order valence-corrected chi connectivity index (χ1v) is 7.36. The number of benzene rings is 1. The van der Waals surface area contributed by atoms with Crippen LogP contribution in [0.4, 0.5) is 5.69 Å². The second kappa shape index (κ2) is 6.53. The van der Waals surface area contributed by atoms with Crippen LogP contribution in [0, 0.1) is 6.92 Å². The van der Waals surface area contributed by atoms with Crippen LogP contribution in [0.15, 0.2) is 17.0 Å². The molecule has 8 heteroatoms. The normalized spacial score (nSPS) is 13.5. The van der Waals surface area contributed by atoms with E-state index in [4.69, 9.17) is 22.1 Å². The Kier molecular flexibility index (Phi) is 5.57. The molecule has 0 heterocycles. The zero-order chi connectivity index (χ0) is 14.6. The van der Waals surface area contributed by atoms with Gasteiger partial charge in [-0.15, -0.1) is 0 Å². The zero-order valence-corrected chi connectivity index (χ0v) is 12.3. The highest BCUT2D eigenvalue weighted by Gasteiger charge is 2.18. The van der Waals surface area contributed by atoms with Gasteiger partial charge in [-0.25, -0.2) is 13.1 Å². The highest BCUT2D eigenvalue weighted by Crippen LogP contribution is 2.25. The molecule has 19 heavy (non-hydrogen) atoms. The van der Waals surface area contributed by atoms with E-state index < -0.39 is 16.1 Å². The number of halogens is 1. The van der Waals surface area contributed by atoms with Crippen LogP contribution in [0.3, 0.4) is 0 Å². The van der Waals surface area contributed by atoms with Crippen molar-refractivity contribution in [2.75, 3.05) is 26.0 Å². The van der Waals surface area contributed by atoms with Crippen molar-refractivity contribution in [1.29, 1.82) is 0 Å². The summed E-state index contributed by atoms with van der Waals surface area (Å²) in [5.41, 5.74) is 6.60. The Morgan fingerprint density at radius 2 is 2.16 bits per heavy atom. The van der Waals surface area contributed by atoms with Crippen LogP contribution in [0.1, 0.15) is 5.56 Å². The number of sulfonamides is 1. The highest BCUT2D eigenvalue weighted by atomic mass is 35.5. The number of hydrogen-bond acceptors (Lipinski definition) is 5. The molecule has 0 saturated heterocycles. The Hall–Kier alpha value is -0.860. The molecular weight excluding hydrogens is 292 g/mol. The van der Waals surface area contributed by atoms with Gasteiger partial charge < -0.3 is 15.6 Å². The lowest BCUT2D eigenvalue weighted by Crippen LogP contribution is -2.34. The Morgan fingerprint density at radius 1 is 1.53 bits per heavy atom. The fraction of sp³-hybridized carbons (Fsp3) is 0.455. The van der Waals surface area contributed by atoms with E-state index in [1.54, 1.807) is 6.92 Å². The summed E-state index contributed by atoms with van der Waals surface area (Å²) in [5.74, 6) is 0. The number of ether oxygens (including phenoxy) is 1. The van der Waals surface area contributed by atoms with E-state index in [0.29, 0.717) is 11.3 Å². The maximum Gasteiger partial charge on any atom is 0.240 e. The SMILES string of the molecule is COCC(O)CNS(=O)(=O)c1cc(N)c(C)c(Cl)c1. The topological polar surface area (TPSA) is 102 Å². The van der Waals surface area contributed by atoms with Crippen LogP contribution in [0.2, 0.25) is 5.02 Å². The lowest BCUT2D eigenvalue weighted by Gasteiger charge is -2.12. The number of aliphatic hydroxyl groups is 1. The minimum Gasteiger partial charge on any atom is -0.398 e. The van der Waals surface area contributed by atoms with Gasteiger partial charge in [0.1, 0.15) is 0 Å². The Morgan fingerprint density at radius 3 is 2.68 bits per heavy atom. The first-order valence-electron chi connectivity index (χ1n) is 5.50. The predicted octanol–water partition coefficient (Wildman–Crippen LogP) is 0.516. The highest BCUT2D eigenvalue weighted by molar-refractivity contribution is 7.89. The number of aliphatic hydroxyl groups excluding tert-OH is 1. The van der Waals surface area contributed by atoms with Crippen LogP contribution in [-0.2, 0) is 14.8 Å². The number of nitrogens with one attached hydrogen (secondary N) is 1. The molecular formula is C11H17ClN2O4S. The standard InChI is InChI=1S/C11H17ClN2O4S/c1-7-10(12)3-9(4-11(7)13)19(16,17)14-5-8(15)6-18-2/h3-4,8,14-15H,5-6,13H2,1-2H3. The van der Waals surface area contributed by atoms with Crippen molar-refractivity contribution in [3.05, 3.63) is 22.7 Å². The van der Waals surface area contributed by atoms with Crippen LogP contribution >= 0.6 is 11.6 Å². The summed E-state index contributed by atoms with van der Waals surface area (Å²) >= 11 is 5.90. The van der Waals surface area contributed by atoms with Crippen molar-refractivity contribution in [1.82, 2.24) is 4.72 Å². The van der Waals surface area contributed by atoms with Crippen molar-refractivity contribution in [2.24, 2.45) is 0 Å². The Labute approximate surface area is 117 Å². The van der Waals surface area contributed by atoms with Crippen LogP contribution in [-0.4, -0.2) is 39.9 Å². The lowest BCUT2D eigenvalue weighted by atomic mass is 10.2. The smallest absolute Gasteiger partial charge is 0.240 e. The summed E-state index contributed by atoms with van der Waals surface area (Å²) in [7, 11) is -2.35. The number of anilines is 1. The summed E-state index contributed by atoms with van der Waals surface area (Å²) in [6.07, 6.45) is -0.918. The number of rotatable bonds is 6. The third-order valence-corrected chi connectivity index (χ3v) is 4.33. The average molecular weight is 309 g/mol. The third kappa shape index (κ3) is 4.32. The molecule has 0 aliphatic rings. The molecule has 0 spiro atoms. The number of nitrogen functional groups attached to an aromatic ring is 1. The predicted molar refractivity (Wildman–Crippen MR) is 73.7 cm³/mol. The summed E-state index contributed by atoms with van der Waals surface area (Å²) in [5, 5.41) is 9.69. The van der Waals surface area contributed by atoms with Crippen molar-refractivity contribution in [3.63, 3.8) is 0 Å². The fourth-order valence-electron chi connectivity index (χ4n) is 1.37. The summed E-state index contributed by atoms with van der Waals surface area (Å²) in [6, 6.07) is 2.64. The van der Waals surface area contributed by atoms with Gasteiger partial charge in [0.2, 0.25) is 10.0 Å². The van der Waals surface area contributed by atoms with Crippen molar-refractivity contribution >= 4 is 27.3 Å². The maximum atomic E-state index is 12.0. The van der Waals surface area contributed by atoms with E-state index in [1.165, 1.54) is 19.2 Å². The van der Waals surface area contributed by atoms with E-state index in [2.05, 4.69) is 4.72 Å². The molecule has 1 aromatic carbocycles. The quantitative estimate of drug-likeness (QED) is 0.665. The van der Waals surface area contributed by atoms with Crippen LogP contribution in [0.5, 0.6) is 0 Å². The molecule has 4 N–H and O–H groups in total. The summed E-state index contributed by atoms with van der Waals surface area (Å²) in [6.45, 7) is 1.59. The van der Waals surface area contributed by atoms with E-state index in [0.717, 1.165) is 0 Å². The van der Waals surface area contributed by atoms with Crippen molar-refractivity contribution in [2.45, 2.75) is 17.9 Å². The summed E-state index contributed by atoms with van der Waals surface area (Å²) in [4.78, 5) is -0.0368. The van der Waals surface area contributed by atoms with Gasteiger partial charge in [0.25, 0.3) is 0 Å². The molecule has 1 rings (SSSR count). The second-order valence-electron chi connectivity index (χ2n) is 4.08.